The molecule has 0 aliphatic carbocycles. The highest BCUT2D eigenvalue weighted by Gasteiger charge is 2.06. The van der Waals surface area contributed by atoms with Crippen molar-refractivity contribution < 1.29 is 9.59 Å². The maximum absolute atomic E-state index is 11.5. The molecule has 0 saturated heterocycles. The zero-order chi connectivity index (χ0) is 13.2. The van der Waals surface area contributed by atoms with E-state index in [1.807, 2.05) is 30.3 Å². The highest BCUT2D eigenvalue weighted by molar-refractivity contribution is 5.96. The van der Waals surface area contributed by atoms with Crippen LogP contribution in [-0.4, -0.2) is 18.4 Å². The molecule has 0 saturated carbocycles. The van der Waals surface area contributed by atoms with Gasteiger partial charge in [-0.3, -0.25) is 14.9 Å². The molecule has 1 aromatic rings. The second kappa shape index (κ2) is 8.28. The Labute approximate surface area is 108 Å². The van der Waals surface area contributed by atoms with Crippen LogP contribution in [0.25, 0.3) is 0 Å². The number of para-hydroxylation sites is 1. The van der Waals surface area contributed by atoms with Crippen molar-refractivity contribution in [2.24, 2.45) is 0 Å². The first-order valence-electron chi connectivity index (χ1n) is 6.34. The predicted octanol–water partition coefficient (Wildman–Crippen LogP) is 2.32. The number of hydrogen-bond donors (Lipinski definition) is 2. The number of benzene rings is 1. The summed E-state index contributed by atoms with van der Waals surface area (Å²) in [6.07, 6.45) is 3.34. The quantitative estimate of drug-likeness (QED) is 0.728. The van der Waals surface area contributed by atoms with Crippen molar-refractivity contribution in [3.05, 3.63) is 30.3 Å². The lowest BCUT2D eigenvalue weighted by Gasteiger charge is -2.06. The molecule has 0 aliphatic rings. The third-order valence-corrected chi connectivity index (χ3v) is 2.51. The molecule has 0 heterocycles. The summed E-state index contributed by atoms with van der Waals surface area (Å²) in [6.45, 7) is 2.19. The van der Waals surface area contributed by atoms with Crippen molar-refractivity contribution >= 4 is 17.5 Å². The average molecular weight is 248 g/mol. The van der Waals surface area contributed by atoms with E-state index in [0.29, 0.717) is 6.42 Å². The van der Waals surface area contributed by atoms with Crippen molar-refractivity contribution in [3.63, 3.8) is 0 Å². The molecule has 0 aromatic heterocycles. The van der Waals surface area contributed by atoms with Gasteiger partial charge in [-0.25, -0.2) is 0 Å². The first-order chi connectivity index (χ1) is 8.72. The summed E-state index contributed by atoms with van der Waals surface area (Å²) in [7, 11) is 0. The van der Waals surface area contributed by atoms with Crippen LogP contribution in [0.3, 0.4) is 0 Å². The molecule has 1 aromatic carbocycles. The third kappa shape index (κ3) is 6.03. The number of nitrogens with one attached hydrogen (secondary N) is 2. The smallest absolute Gasteiger partial charge is 0.245 e. The van der Waals surface area contributed by atoms with Gasteiger partial charge in [0.25, 0.3) is 0 Å². The number of unbranched alkanes of at least 4 members (excludes halogenated alkanes) is 2. The number of carbonyl (C=O) groups is 2. The normalized spacial score (nSPS) is 9.83. The Bertz CT molecular complexity index is 377. The van der Waals surface area contributed by atoms with Crippen LogP contribution in [0.4, 0.5) is 5.69 Å². The fourth-order valence-electron chi connectivity index (χ4n) is 1.54. The van der Waals surface area contributed by atoms with Crippen LogP contribution in [0, 0.1) is 0 Å². The zero-order valence-electron chi connectivity index (χ0n) is 10.7. The van der Waals surface area contributed by atoms with E-state index in [0.717, 1.165) is 24.9 Å². The van der Waals surface area contributed by atoms with E-state index in [1.165, 1.54) is 0 Å². The number of hydrogen-bond acceptors (Lipinski definition) is 3. The minimum absolute atomic E-state index is 0.115. The van der Waals surface area contributed by atoms with E-state index in [1.54, 1.807) is 0 Å². The van der Waals surface area contributed by atoms with Gasteiger partial charge < -0.3 is 5.32 Å². The number of rotatable bonds is 7. The molecular formula is C14H20N2O2. The lowest BCUT2D eigenvalue weighted by molar-refractivity contribution is -0.129. The van der Waals surface area contributed by atoms with Gasteiger partial charge in [0, 0.05) is 12.1 Å². The highest BCUT2D eigenvalue weighted by Crippen LogP contribution is 2.03. The fraction of sp³-hybridized carbons (Fsp3) is 0.429. The molecule has 98 valence electrons. The standard InChI is InChI=1S/C14H20N2O2/c1-2-3-5-10-13(17)16-14(18)11-15-12-8-6-4-7-9-12/h4,6-9,15H,2-3,5,10-11H2,1H3,(H,16,17,18). The Morgan fingerprint density at radius 2 is 1.78 bits per heavy atom. The van der Waals surface area contributed by atoms with Crippen molar-refractivity contribution in [1.29, 1.82) is 0 Å². The molecule has 0 fully saturated rings. The van der Waals surface area contributed by atoms with Crippen LogP contribution in [0.15, 0.2) is 30.3 Å². The van der Waals surface area contributed by atoms with Gasteiger partial charge in [-0.2, -0.15) is 0 Å². The second-order valence-electron chi connectivity index (χ2n) is 4.15. The molecule has 0 aliphatic heterocycles. The Balaban J connectivity index is 2.19. The molecule has 2 N–H and O–H groups in total. The second-order valence-corrected chi connectivity index (χ2v) is 4.15. The molecule has 0 radical (unpaired) electrons. The van der Waals surface area contributed by atoms with E-state index in [9.17, 15) is 9.59 Å². The maximum atomic E-state index is 11.5. The molecule has 4 nitrogen and oxygen atoms in total. The van der Waals surface area contributed by atoms with Gasteiger partial charge in [0.15, 0.2) is 0 Å². The third-order valence-electron chi connectivity index (χ3n) is 2.51. The Kier molecular flexibility index (Phi) is 6.54. The van der Waals surface area contributed by atoms with Gasteiger partial charge in [-0.05, 0) is 18.6 Å². The van der Waals surface area contributed by atoms with Crippen molar-refractivity contribution in [2.45, 2.75) is 32.6 Å². The summed E-state index contributed by atoms with van der Waals surface area (Å²) in [4.78, 5) is 22.8. The molecule has 0 atom stereocenters. The van der Waals surface area contributed by atoms with Gasteiger partial charge in [-0.15, -0.1) is 0 Å². The predicted molar refractivity (Wildman–Crippen MR) is 72.2 cm³/mol. The molecule has 2 amide bonds. The van der Waals surface area contributed by atoms with E-state index in [2.05, 4.69) is 17.6 Å². The Hall–Kier alpha value is -1.84. The Morgan fingerprint density at radius 3 is 2.44 bits per heavy atom. The van der Waals surface area contributed by atoms with Gasteiger partial charge in [0.05, 0.1) is 6.54 Å². The molecular weight excluding hydrogens is 228 g/mol. The van der Waals surface area contributed by atoms with Gasteiger partial charge in [0.1, 0.15) is 0 Å². The fourth-order valence-corrected chi connectivity index (χ4v) is 1.54. The van der Waals surface area contributed by atoms with Crippen molar-refractivity contribution in [2.75, 3.05) is 11.9 Å². The van der Waals surface area contributed by atoms with E-state index in [-0.39, 0.29) is 18.4 Å². The summed E-state index contributed by atoms with van der Waals surface area (Å²) >= 11 is 0. The Morgan fingerprint density at radius 1 is 1.06 bits per heavy atom. The molecule has 0 spiro atoms. The number of amides is 2. The van der Waals surface area contributed by atoms with Crippen molar-refractivity contribution in [1.82, 2.24) is 5.32 Å². The number of carbonyl (C=O) groups excluding carboxylic acids is 2. The van der Waals surface area contributed by atoms with Gasteiger partial charge in [-0.1, -0.05) is 38.0 Å². The monoisotopic (exact) mass is 248 g/mol. The minimum atomic E-state index is -0.291. The number of anilines is 1. The summed E-state index contributed by atoms with van der Waals surface area (Å²) in [5.74, 6) is -0.483. The molecule has 1 rings (SSSR count). The maximum Gasteiger partial charge on any atom is 0.245 e. The SMILES string of the molecule is CCCCCC(=O)NC(=O)CNc1ccccc1. The topological polar surface area (TPSA) is 58.2 Å². The van der Waals surface area contributed by atoms with Crippen LogP contribution < -0.4 is 10.6 Å². The summed E-state index contributed by atoms with van der Waals surface area (Å²) in [5, 5.41) is 5.32. The van der Waals surface area contributed by atoms with Crippen molar-refractivity contribution in [3.8, 4) is 0 Å². The van der Waals surface area contributed by atoms with Gasteiger partial charge in [0.2, 0.25) is 11.8 Å². The molecule has 4 heteroatoms. The van der Waals surface area contributed by atoms with E-state index in [4.69, 9.17) is 0 Å². The largest absolute Gasteiger partial charge is 0.376 e. The van der Waals surface area contributed by atoms with Crippen LogP contribution >= 0.6 is 0 Å². The lowest BCUT2D eigenvalue weighted by Crippen LogP contribution is -2.34. The lowest BCUT2D eigenvalue weighted by atomic mass is 10.2. The first-order valence-corrected chi connectivity index (χ1v) is 6.34. The molecule has 0 bridgehead atoms. The van der Waals surface area contributed by atoms with Crippen LogP contribution in [0.2, 0.25) is 0 Å². The van der Waals surface area contributed by atoms with Gasteiger partial charge >= 0.3 is 0 Å². The average Bonchev–Trinajstić information content (AvgIpc) is 2.38. The van der Waals surface area contributed by atoms with Crippen LogP contribution in [0.1, 0.15) is 32.6 Å². The van der Waals surface area contributed by atoms with Crippen LogP contribution in [-0.2, 0) is 9.59 Å². The summed E-state index contributed by atoms with van der Waals surface area (Å²) in [6, 6.07) is 9.42. The minimum Gasteiger partial charge on any atom is -0.376 e. The highest BCUT2D eigenvalue weighted by atomic mass is 16.2. The van der Waals surface area contributed by atoms with E-state index >= 15 is 0 Å². The van der Waals surface area contributed by atoms with E-state index < -0.39 is 0 Å². The summed E-state index contributed by atoms with van der Waals surface area (Å²) < 4.78 is 0. The summed E-state index contributed by atoms with van der Waals surface area (Å²) in [5.41, 5.74) is 0.867. The number of imide groups is 1. The first kappa shape index (κ1) is 14.2. The molecule has 0 unspecified atom stereocenters. The zero-order valence-corrected chi connectivity index (χ0v) is 10.7. The molecule has 18 heavy (non-hydrogen) atoms. The van der Waals surface area contributed by atoms with Crippen LogP contribution in [0.5, 0.6) is 0 Å².